The Morgan fingerprint density at radius 3 is 2.52 bits per heavy atom. The van der Waals surface area contributed by atoms with Gasteiger partial charge in [-0.1, -0.05) is 0 Å². The molecule has 11 nitrogen and oxygen atoms in total. The van der Waals surface area contributed by atoms with Gasteiger partial charge in [0.15, 0.2) is 0 Å². The highest BCUT2D eigenvalue weighted by molar-refractivity contribution is 7.89. The van der Waals surface area contributed by atoms with Gasteiger partial charge in [0.2, 0.25) is 16.0 Å². The molecule has 0 atom stereocenters. The Labute approximate surface area is 178 Å². The SMILES string of the molecule is O=c1[nH]c(=O)c2cc(S(=O)(=O)NCCCN3CCN(c4ncccn4)CC3)ccc2[nH]1. The molecule has 0 amide bonds. The van der Waals surface area contributed by atoms with Gasteiger partial charge in [0, 0.05) is 45.1 Å². The zero-order valence-corrected chi connectivity index (χ0v) is 17.6. The van der Waals surface area contributed by atoms with Gasteiger partial charge in [0.1, 0.15) is 0 Å². The van der Waals surface area contributed by atoms with E-state index in [1.165, 1.54) is 18.2 Å². The van der Waals surface area contributed by atoms with Crippen molar-refractivity contribution < 1.29 is 8.42 Å². The monoisotopic (exact) mass is 445 g/mol. The molecular formula is C19H23N7O4S. The van der Waals surface area contributed by atoms with E-state index in [0.29, 0.717) is 6.42 Å². The summed E-state index contributed by atoms with van der Waals surface area (Å²) < 4.78 is 27.7. The highest BCUT2D eigenvalue weighted by atomic mass is 32.2. The molecule has 31 heavy (non-hydrogen) atoms. The molecule has 0 aliphatic carbocycles. The molecule has 4 rings (SSSR count). The molecule has 2 aromatic heterocycles. The molecule has 1 fully saturated rings. The number of piperazine rings is 1. The zero-order chi connectivity index (χ0) is 21.8. The van der Waals surface area contributed by atoms with Crippen molar-refractivity contribution in [2.75, 3.05) is 44.2 Å². The third kappa shape index (κ3) is 4.98. The summed E-state index contributed by atoms with van der Waals surface area (Å²) in [6, 6.07) is 5.83. The number of hydrogen-bond acceptors (Lipinski definition) is 8. The fourth-order valence-electron chi connectivity index (χ4n) is 3.53. The van der Waals surface area contributed by atoms with Crippen LogP contribution in [-0.2, 0) is 10.0 Å². The van der Waals surface area contributed by atoms with Gasteiger partial charge >= 0.3 is 5.69 Å². The van der Waals surface area contributed by atoms with Gasteiger partial charge in [-0.2, -0.15) is 0 Å². The van der Waals surface area contributed by atoms with E-state index < -0.39 is 21.3 Å². The van der Waals surface area contributed by atoms with Crippen molar-refractivity contribution in [2.45, 2.75) is 11.3 Å². The van der Waals surface area contributed by atoms with Crippen molar-refractivity contribution in [2.24, 2.45) is 0 Å². The molecule has 3 aromatic rings. The number of hydrogen-bond donors (Lipinski definition) is 3. The number of rotatable bonds is 7. The van der Waals surface area contributed by atoms with Crippen LogP contribution in [0, 0.1) is 0 Å². The van der Waals surface area contributed by atoms with Crippen LogP contribution in [0.5, 0.6) is 0 Å². The molecular weight excluding hydrogens is 422 g/mol. The smallest absolute Gasteiger partial charge is 0.326 e. The first-order chi connectivity index (χ1) is 14.9. The maximum absolute atomic E-state index is 12.6. The first-order valence-corrected chi connectivity index (χ1v) is 11.4. The Bertz CT molecular complexity index is 1270. The van der Waals surface area contributed by atoms with Crippen LogP contribution in [-0.4, -0.2) is 72.5 Å². The number of aromatic amines is 2. The predicted octanol–water partition coefficient (Wildman–Crippen LogP) is -0.503. The highest BCUT2D eigenvalue weighted by Gasteiger charge is 2.19. The van der Waals surface area contributed by atoms with E-state index in [1.807, 2.05) is 0 Å². The lowest BCUT2D eigenvalue weighted by atomic mass is 10.2. The lowest BCUT2D eigenvalue weighted by molar-refractivity contribution is 0.254. The molecule has 3 heterocycles. The molecule has 0 spiro atoms. The summed E-state index contributed by atoms with van der Waals surface area (Å²) in [6.07, 6.45) is 4.11. The molecule has 12 heteroatoms. The standard InChI is InChI=1S/C19H23N7O4S/c27-17-15-13-14(3-4-16(15)23-19(28)24-17)31(29,30)22-7-2-8-25-9-11-26(12-10-25)18-20-5-1-6-21-18/h1,3-6,13,22H,2,7-12H2,(H2,23,24,27,28). The van der Waals surface area contributed by atoms with Crippen LogP contribution in [0.25, 0.3) is 10.9 Å². The van der Waals surface area contributed by atoms with Crippen molar-refractivity contribution in [1.82, 2.24) is 29.6 Å². The molecule has 3 N–H and O–H groups in total. The predicted molar refractivity (Wildman–Crippen MR) is 116 cm³/mol. The normalized spacial score (nSPS) is 15.4. The second-order valence-corrected chi connectivity index (χ2v) is 9.01. The fraction of sp³-hybridized carbons (Fsp3) is 0.368. The van der Waals surface area contributed by atoms with Gasteiger partial charge in [0.25, 0.3) is 5.56 Å². The van der Waals surface area contributed by atoms with Gasteiger partial charge in [-0.05, 0) is 37.2 Å². The molecule has 0 unspecified atom stereocenters. The van der Waals surface area contributed by atoms with Crippen LogP contribution < -0.4 is 20.9 Å². The lowest BCUT2D eigenvalue weighted by Gasteiger charge is -2.34. The van der Waals surface area contributed by atoms with Crippen LogP contribution in [0.4, 0.5) is 5.95 Å². The Kier molecular flexibility index (Phi) is 6.11. The summed E-state index contributed by atoms with van der Waals surface area (Å²) in [5.74, 6) is 0.730. The molecule has 1 aromatic carbocycles. The van der Waals surface area contributed by atoms with Gasteiger partial charge in [-0.15, -0.1) is 0 Å². The minimum absolute atomic E-state index is 0.0194. The molecule has 1 aliphatic heterocycles. The minimum Gasteiger partial charge on any atom is -0.338 e. The summed E-state index contributed by atoms with van der Waals surface area (Å²) in [5.41, 5.74) is -0.980. The number of aromatic nitrogens is 4. The quantitative estimate of drug-likeness (QED) is 0.413. The van der Waals surface area contributed by atoms with E-state index in [1.54, 1.807) is 18.5 Å². The largest absolute Gasteiger partial charge is 0.338 e. The van der Waals surface area contributed by atoms with Crippen LogP contribution in [0.3, 0.4) is 0 Å². The van der Waals surface area contributed by atoms with Crippen LogP contribution in [0.2, 0.25) is 0 Å². The third-order valence-electron chi connectivity index (χ3n) is 5.17. The molecule has 0 radical (unpaired) electrons. The first-order valence-electron chi connectivity index (χ1n) is 9.93. The van der Waals surface area contributed by atoms with Gasteiger partial charge in [-0.3, -0.25) is 14.7 Å². The number of sulfonamides is 1. The Morgan fingerprint density at radius 1 is 1.03 bits per heavy atom. The van der Waals surface area contributed by atoms with E-state index in [-0.39, 0.29) is 22.3 Å². The van der Waals surface area contributed by atoms with Crippen molar-refractivity contribution in [3.8, 4) is 0 Å². The van der Waals surface area contributed by atoms with E-state index in [4.69, 9.17) is 0 Å². The minimum atomic E-state index is -3.76. The van der Waals surface area contributed by atoms with Crippen molar-refractivity contribution in [1.29, 1.82) is 0 Å². The number of H-pyrrole nitrogens is 2. The third-order valence-corrected chi connectivity index (χ3v) is 6.63. The molecule has 1 aliphatic rings. The van der Waals surface area contributed by atoms with E-state index in [9.17, 15) is 18.0 Å². The summed E-state index contributed by atoms with van der Waals surface area (Å²) in [7, 11) is -3.76. The van der Waals surface area contributed by atoms with Gasteiger partial charge in [0.05, 0.1) is 15.8 Å². The maximum atomic E-state index is 12.6. The van der Waals surface area contributed by atoms with Crippen LogP contribution in [0.1, 0.15) is 6.42 Å². The molecule has 1 saturated heterocycles. The molecule has 164 valence electrons. The second kappa shape index (κ2) is 8.96. The average molecular weight is 446 g/mol. The molecule has 0 saturated carbocycles. The Morgan fingerprint density at radius 2 is 1.77 bits per heavy atom. The van der Waals surface area contributed by atoms with Crippen molar-refractivity contribution in [3.05, 3.63) is 57.5 Å². The van der Waals surface area contributed by atoms with Crippen LogP contribution in [0.15, 0.2) is 51.1 Å². The number of anilines is 1. The fourth-order valence-corrected chi connectivity index (χ4v) is 4.63. The maximum Gasteiger partial charge on any atom is 0.326 e. The average Bonchev–Trinajstić information content (AvgIpc) is 2.77. The number of fused-ring (bicyclic) bond motifs is 1. The second-order valence-electron chi connectivity index (χ2n) is 7.24. The number of nitrogens with one attached hydrogen (secondary N) is 3. The molecule has 0 bridgehead atoms. The van der Waals surface area contributed by atoms with E-state index >= 15 is 0 Å². The number of nitrogens with zero attached hydrogens (tertiary/aromatic N) is 4. The summed E-state index contributed by atoms with van der Waals surface area (Å²) in [6.45, 7) is 4.41. The van der Waals surface area contributed by atoms with E-state index in [2.05, 4.69) is 34.5 Å². The Balaban J connectivity index is 1.28. The van der Waals surface area contributed by atoms with Crippen molar-refractivity contribution in [3.63, 3.8) is 0 Å². The summed E-state index contributed by atoms with van der Waals surface area (Å²) >= 11 is 0. The van der Waals surface area contributed by atoms with Crippen LogP contribution >= 0.6 is 0 Å². The van der Waals surface area contributed by atoms with Gasteiger partial charge in [-0.25, -0.2) is 27.9 Å². The van der Waals surface area contributed by atoms with E-state index in [0.717, 1.165) is 38.7 Å². The Hall–Kier alpha value is -3.09. The highest BCUT2D eigenvalue weighted by Crippen LogP contribution is 2.14. The summed E-state index contributed by atoms with van der Waals surface area (Å²) in [5, 5.41) is 0.114. The topological polar surface area (TPSA) is 144 Å². The van der Waals surface area contributed by atoms with Gasteiger partial charge < -0.3 is 9.88 Å². The van der Waals surface area contributed by atoms with Crippen molar-refractivity contribution >= 4 is 26.9 Å². The first kappa shape index (κ1) is 21.2. The summed E-state index contributed by atoms with van der Waals surface area (Å²) in [4.78, 5) is 40.7. The zero-order valence-electron chi connectivity index (χ0n) is 16.7. The number of benzene rings is 1. The lowest BCUT2D eigenvalue weighted by Crippen LogP contribution is -2.47.